The molecule has 162 valence electrons. The molecular weight excluding hydrogens is 412 g/mol. The van der Waals surface area contributed by atoms with Crippen molar-refractivity contribution in [3.8, 4) is 11.1 Å². The molecule has 0 radical (unpaired) electrons. The number of amides is 1. The van der Waals surface area contributed by atoms with E-state index in [1.54, 1.807) is 0 Å². The van der Waals surface area contributed by atoms with Crippen molar-refractivity contribution in [2.75, 3.05) is 38.7 Å². The maximum atomic E-state index is 13.1. The normalized spacial score (nSPS) is 14.0. The summed E-state index contributed by atoms with van der Waals surface area (Å²) in [6, 6.07) is 13.8. The first-order chi connectivity index (χ1) is 15.0. The van der Waals surface area contributed by atoms with Crippen LogP contribution in [0.1, 0.15) is 27.3 Å². The van der Waals surface area contributed by atoms with Crippen LogP contribution in [0.2, 0.25) is 5.02 Å². The lowest BCUT2D eigenvalue weighted by atomic mass is 10.0. The number of carbonyl (C=O) groups is 1. The molecule has 1 amide bonds. The van der Waals surface area contributed by atoms with Gasteiger partial charge in [0.2, 0.25) is 0 Å². The van der Waals surface area contributed by atoms with Crippen molar-refractivity contribution in [1.82, 2.24) is 14.7 Å². The van der Waals surface area contributed by atoms with Crippen LogP contribution in [0.3, 0.4) is 0 Å². The van der Waals surface area contributed by atoms with Crippen LogP contribution in [0.25, 0.3) is 11.1 Å². The number of hydrogen-bond acceptors (Lipinski definition) is 4. The maximum absolute atomic E-state index is 13.1. The minimum Gasteiger partial charge on any atom is -0.387 e. The van der Waals surface area contributed by atoms with E-state index in [2.05, 4.69) is 18.3 Å². The fourth-order valence-electron chi connectivity index (χ4n) is 4.11. The molecule has 1 aliphatic rings. The van der Waals surface area contributed by atoms with Gasteiger partial charge in [-0.05, 0) is 43.2 Å². The second-order valence-corrected chi connectivity index (χ2v) is 8.12. The molecule has 0 saturated carbocycles. The monoisotopic (exact) mass is 438 g/mol. The molecule has 1 aliphatic heterocycles. The fourth-order valence-corrected chi connectivity index (χ4v) is 4.38. The second kappa shape index (κ2) is 9.12. The summed E-state index contributed by atoms with van der Waals surface area (Å²) in [5.74, 6) is 0.0510. The summed E-state index contributed by atoms with van der Waals surface area (Å²) in [5.41, 5.74) is 6.65. The molecule has 0 spiro atoms. The Hall–Kier alpha value is -2.83. The summed E-state index contributed by atoms with van der Waals surface area (Å²) in [6.07, 6.45) is 0. The summed E-state index contributed by atoms with van der Waals surface area (Å²) < 4.78 is 7.36. The third kappa shape index (κ3) is 4.31. The first-order valence-electron chi connectivity index (χ1n) is 10.5. The van der Waals surface area contributed by atoms with Gasteiger partial charge in [-0.1, -0.05) is 35.9 Å². The number of benzene rings is 2. The summed E-state index contributed by atoms with van der Waals surface area (Å²) in [6.45, 7) is 7.01. The molecule has 4 rings (SSSR count). The van der Waals surface area contributed by atoms with Crippen molar-refractivity contribution in [2.45, 2.75) is 20.4 Å². The summed E-state index contributed by atoms with van der Waals surface area (Å²) >= 11 is 6.41. The van der Waals surface area contributed by atoms with Crippen molar-refractivity contribution in [2.24, 2.45) is 0 Å². The molecule has 1 fully saturated rings. The number of nitrogens with zero attached hydrogens (tertiary/aromatic N) is 3. The lowest BCUT2D eigenvalue weighted by Crippen LogP contribution is -2.41. The zero-order chi connectivity index (χ0) is 22.0. The first-order valence-corrected chi connectivity index (χ1v) is 10.8. The molecule has 0 aliphatic carbocycles. The van der Waals surface area contributed by atoms with Gasteiger partial charge in [-0.3, -0.25) is 9.48 Å². The number of hydrogen-bond donors (Lipinski definition) is 1. The predicted octanol–water partition coefficient (Wildman–Crippen LogP) is 4.38. The van der Waals surface area contributed by atoms with Crippen LogP contribution >= 0.6 is 11.6 Å². The van der Waals surface area contributed by atoms with Crippen molar-refractivity contribution in [1.29, 1.82) is 0 Å². The largest absolute Gasteiger partial charge is 0.387 e. The van der Waals surface area contributed by atoms with Gasteiger partial charge in [0.15, 0.2) is 0 Å². The van der Waals surface area contributed by atoms with Gasteiger partial charge in [-0.2, -0.15) is 5.10 Å². The predicted molar refractivity (Wildman–Crippen MR) is 124 cm³/mol. The van der Waals surface area contributed by atoms with E-state index in [0.717, 1.165) is 39.3 Å². The van der Waals surface area contributed by atoms with Crippen molar-refractivity contribution >= 4 is 23.2 Å². The van der Waals surface area contributed by atoms with Crippen LogP contribution in [0.4, 0.5) is 5.69 Å². The number of nitrogens with one attached hydrogen (secondary N) is 1. The van der Waals surface area contributed by atoms with E-state index in [-0.39, 0.29) is 5.91 Å². The summed E-state index contributed by atoms with van der Waals surface area (Å²) in [4.78, 5) is 15.0. The van der Waals surface area contributed by atoms with Crippen LogP contribution in [-0.2, 0) is 11.3 Å². The van der Waals surface area contributed by atoms with E-state index in [4.69, 9.17) is 21.4 Å². The number of morpholine rings is 1. The molecule has 31 heavy (non-hydrogen) atoms. The lowest BCUT2D eigenvalue weighted by molar-refractivity contribution is 0.0302. The van der Waals surface area contributed by atoms with Gasteiger partial charge in [0.05, 0.1) is 36.2 Å². The molecule has 7 heteroatoms. The Kier molecular flexibility index (Phi) is 6.30. The third-order valence-corrected chi connectivity index (χ3v) is 6.09. The van der Waals surface area contributed by atoms with Crippen LogP contribution in [0, 0.1) is 13.8 Å². The van der Waals surface area contributed by atoms with Crippen LogP contribution in [0.15, 0.2) is 42.5 Å². The Balaban J connectivity index is 1.65. The van der Waals surface area contributed by atoms with E-state index in [1.165, 1.54) is 0 Å². The number of carbonyl (C=O) groups excluding carboxylic acids is 1. The zero-order valence-corrected chi connectivity index (χ0v) is 18.9. The van der Waals surface area contributed by atoms with Crippen LogP contribution in [0.5, 0.6) is 0 Å². The maximum Gasteiger partial charge on any atom is 0.254 e. The van der Waals surface area contributed by atoms with Gasteiger partial charge in [0.1, 0.15) is 0 Å². The number of anilines is 1. The van der Waals surface area contributed by atoms with Gasteiger partial charge < -0.3 is 15.0 Å². The topological polar surface area (TPSA) is 59.4 Å². The minimum atomic E-state index is 0.0510. The molecule has 3 aromatic rings. The Morgan fingerprint density at radius 2 is 1.90 bits per heavy atom. The SMILES string of the molecule is CNc1ccc(-c2c(C)nn(Cc3ccccc3C(=O)N3CCOCC3)c2C)cc1Cl. The molecule has 1 N–H and O–H groups in total. The quantitative estimate of drug-likeness (QED) is 0.642. The summed E-state index contributed by atoms with van der Waals surface area (Å²) in [5, 5.41) is 8.54. The second-order valence-electron chi connectivity index (χ2n) is 7.71. The van der Waals surface area contributed by atoms with E-state index >= 15 is 0 Å². The van der Waals surface area contributed by atoms with Crippen LogP contribution < -0.4 is 5.32 Å². The van der Waals surface area contributed by atoms with Crippen molar-refractivity contribution in [3.05, 3.63) is 70.0 Å². The lowest BCUT2D eigenvalue weighted by Gasteiger charge is -2.27. The molecule has 0 bridgehead atoms. The molecule has 6 nitrogen and oxygen atoms in total. The molecule has 0 unspecified atom stereocenters. The molecule has 0 atom stereocenters. The number of aromatic nitrogens is 2. The van der Waals surface area contributed by atoms with Crippen molar-refractivity contribution in [3.63, 3.8) is 0 Å². The van der Waals surface area contributed by atoms with Gasteiger partial charge in [-0.15, -0.1) is 0 Å². The van der Waals surface area contributed by atoms with E-state index in [1.807, 2.05) is 60.0 Å². The molecule has 2 heterocycles. The van der Waals surface area contributed by atoms with Gasteiger partial charge in [0, 0.05) is 37.0 Å². The number of halogens is 1. The van der Waals surface area contributed by atoms with Gasteiger partial charge in [0.25, 0.3) is 5.91 Å². The Bertz CT molecular complexity index is 1100. The van der Waals surface area contributed by atoms with Gasteiger partial charge >= 0.3 is 0 Å². The molecular formula is C24H27ClN4O2. The number of rotatable bonds is 5. The average molecular weight is 439 g/mol. The Morgan fingerprint density at radius 3 is 2.61 bits per heavy atom. The molecule has 1 aromatic heterocycles. The smallest absolute Gasteiger partial charge is 0.254 e. The zero-order valence-electron chi connectivity index (χ0n) is 18.1. The van der Waals surface area contributed by atoms with Crippen molar-refractivity contribution < 1.29 is 9.53 Å². The van der Waals surface area contributed by atoms with E-state index in [0.29, 0.717) is 37.9 Å². The van der Waals surface area contributed by atoms with Gasteiger partial charge in [-0.25, -0.2) is 0 Å². The third-order valence-electron chi connectivity index (χ3n) is 5.77. The first kappa shape index (κ1) is 21.4. The highest BCUT2D eigenvalue weighted by atomic mass is 35.5. The fraction of sp³-hybridized carbons (Fsp3) is 0.333. The van der Waals surface area contributed by atoms with E-state index in [9.17, 15) is 4.79 Å². The standard InChI is InChI=1S/C24H27ClN4O2/c1-16-23(18-8-9-22(26-3)21(25)14-18)17(2)29(27-16)15-19-6-4-5-7-20(19)24(30)28-10-12-31-13-11-28/h4-9,14,26H,10-13,15H2,1-3H3. The Morgan fingerprint density at radius 1 is 1.16 bits per heavy atom. The Labute approximate surface area is 187 Å². The summed E-state index contributed by atoms with van der Waals surface area (Å²) in [7, 11) is 1.85. The number of aryl methyl sites for hydroxylation is 1. The minimum absolute atomic E-state index is 0.0510. The molecule has 1 saturated heterocycles. The highest BCUT2D eigenvalue weighted by Crippen LogP contribution is 2.32. The highest BCUT2D eigenvalue weighted by molar-refractivity contribution is 6.33. The average Bonchev–Trinajstić information content (AvgIpc) is 3.07. The highest BCUT2D eigenvalue weighted by Gasteiger charge is 2.22. The van der Waals surface area contributed by atoms with E-state index < -0.39 is 0 Å². The number of ether oxygens (including phenoxy) is 1. The molecule has 2 aromatic carbocycles. The van der Waals surface area contributed by atoms with Crippen LogP contribution in [-0.4, -0.2) is 53.9 Å².